The highest BCUT2D eigenvalue weighted by Gasteiger charge is 2.11. The van der Waals surface area contributed by atoms with E-state index in [1.807, 2.05) is 27.0 Å². The molecule has 6 nitrogen and oxygen atoms in total. The number of nitrogens with zero attached hydrogens (tertiary/aromatic N) is 4. The molecule has 19 heavy (non-hydrogen) atoms. The summed E-state index contributed by atoms with van der Waals surface area (Å²) in [7, 11) is 1.91. The van der Waals surface area contributed by atoms with E-state index in [4.69, 9.17) is 11.6 Å². The molecule has 0 fully saturated rings. The third-order valence-corrected chi connectivity index (χ3v) is 3.30. The molecule has 0 bridgehead atoms. The Hall–Kier alpha value is -1.66. The summed E-state index contributed by atoms with van der Waals surface area (Å²) in [6.45, 7) is 5.45. The normalized spacial score (nSPS) is 10.7. The summed E-state index contributed by atoms with van der Waals surface area (Å²) in [6, 6.07) is 1.85. The summed E-state index contributed by atoms with van der Waals surface area (Å²) >= 11 is 6.14. The van der Waals surface area contributed by atoms with Crippen LogP contribution in [-0.4, -0.2) is 39.9 Å². The summed E-state index contributed by atoms with van der Waals surface area (Å²) in [5.74, 6) is 1.47. The molecule has 0 unspecified atom stereocenters. The Morgan fingerprint density at radius 1 is 1.26 bits per heavy atom. The maximum atomic E-state index is 6.14. The quantitative estimate of drug-likeness (QED) is 0.814. The molecule has 0 saturated carbocycles. The average Bonchev–Trinajstić information content (AvgIpc) is 2.67. The molecule has 0 radical (unpaired) electrons. The summed E-state index contributed by atoms with van der Waals surface area (Å²) < 4.78 is 1.72. The Morgan fingerprint density at radius 3 is 2.68 bits per heavy atom. The van der Waals surface area contributed by atoms with Crippen molar-refractivity contribution in [3.63, 3.8) is 0 Å². The van der Waals surface area contributed by atoms with Gasteiger partial charge in [-0.25, -0.2) is 14.6 Å². The summed E-state index contributed by atoms with van der Waals surface area (Å²) in [5, 5.41) is 11.3. The number of hydrogen-bond acceptors (Lipinski definition) is 5. The van der Waals surface area contributed by atoms with Crippen molar-refractivity contribution in [3.8, 4) is 5.82 Å². The summed E-state index contributed by atoms with van der Waals surface area (Å²) in [5.41, 5.74) is 1.67. The third kappa shape index (κ3) is 3.02. The lowest BCUT2D eigenvalue weighted by Crippen LogP contribution is -2.18. The van der Waals surface area contributed by atoms with E-state index in [9.17, 15) is 0 Å². The highest BCUT2D eigenvalue weighted by Crippen LogP contribution is 2.21. The van der Waals surface area contributed by atoms with Crippen molar-refractivity contribution in [1.82, 2.24) is 25.1 Å². The first kappa shape index (κ1) is 13.8. The number of aromatic nitrogens is 4. The van der Waals surface area contributed by atoms with Crippen LogP contribution in [0.5, 0.6) is 0 Å². The number of rotatable bonds is 5. The van der Waals surface area contributed by atoms with Crippen LogP contribution in [0.2, 0.25) is 5.02 Å². The molecule has 2 aromatic rings. The first-order chi connectivity index (χ1) is 9.13. The second-order valence-electron chi connectivity index (χ2n) is 4.19. The minimum absolute atomic E-state index is 0.670. The molecule has 0 aliphatic heterocycles. The smallest absolute Gasteiger partial charge is 0.159 e. The number of likely N-dealkylation sites (N-methyl/N-ethyl adjacent to an activating group) is 1. The predicted molar refractivity (Wildman–Crippen MR) is 76.1 cm³/mol. The van der Waals surface area contributed by atoms with Gasteiger partial charge in [0, 0.05) is 19.2 Å². The number of anilines is 1. The first-order valence-electron chi connectivity index (χ1n) is 6.06. The zero-order chi connectivity index (χ0) is 13.8. The third-order valence-electron chi connectivity index (χ3n) is 2.75. The molecule has 0 aromatic carbocycles. The molecule has 102 valence electrons. The molecule has 0 spiro atoms. The standard InChI is InChI=1S/C12H17ClN6/c1-8-12(13)9(2)19(18-8)11-6-10(16-7-17-11)15-5-4-14-3/h6-7,14H,4-5H2,1-3H3,(H,15,16,17). The predicted octanol–water partition coefficient (Wildman–Crippen LogP) is 1.56. The van der Waals surface area contributed by atoms with E-state index in [1.165, 1.54) is 6.33 Å². The van der Waals surface area contributed by atoms with Crippen LogP contribution in [0.3, 0.4) is 0 Å². The van der Waals surface area contributed by atoms with Gasteiger partial charge in [0.2, 0.25) is 0 Å². The van der Waals surface area contributed by atoms with Crippen molar-refractivity contribution in [2.45, 2.75) is 13.8 Å². The van der Waals surface area contributed by atoms with E-state index < -0.39 is 0 Å². The molecule has 0 aliphatic rings. The van der Waals surface area contributed by atoms with Crippen molar-refractivity contribution in [2.24, 2.45) is 0 Å². The lowest BCUT2D eigenvalue weighted by molar-refractivity contribution is 0.796. The molecule has 0 saturated heterocycles. The van der Waals surface area contributed by atoms with Crippen LogP contribution < -0.4 is 10.6 Å². The second-order valence-corrected chi connectivity index (χ2v) is 4.57. The molecule has 2 rings (SSSR count). The van der Waals surface area contributed by atoms with Gasteiger partial charge in [-0.1, -0.05) is 11.6 Å². The molecule has 7 heteroatoms. The SMILES string of the molecule is CNCCNc1cc(-n2nc(C)c(Cl)c2C)ncn1. The Balaban J connectivity index is 2.25. The van der Waals surface area contributed by atoms with Crippen LogP contribution in [0, 0.1) is 13.8 Å². The fraction of sp³-hybridized carbons (Fsp3) is 0.417. The Kier molecular flexibility index (Phi) is 4.34. The van der Waals surface area contributed by atoms with Crippen molar-refractivity contribution >= 4 is 17.4 Å². The minimum atomic E-state index is 0.670. The van der Waals surface area contributed by atoms with E-state index in [0.29, 0.717) is 10.8 Å². The number of hydrogen-bond donors (Lipinski definition) is 2. The first-order valence-corrected chi connectivity index (χ1v) is 6.44. The van der Waals surface area contributed by atoms with E-state index in [-0.39, 0.29) is 0 Å². The van der Waals surface area contributed by atoms with Crippen LogP contribution in [0.25, 0.3) is 5.82 Å². The molecule has 0 atom stereocenters. The lowest BCUT2D eigenvalue weighted by Gasteiger charge is -2.07. The van der Waals surface area contributed by atoms with Crippen molar-refractivity contribution in [3.05, 3.63) is 28.8 Å². The average molecular weight is 281 g/mol. The van der Waals surface area contributed by atoms with Crippen molar-refractivity contribution in [1.29, 1.82) is 0 Å². The lowest BCUT2D eigenvalue weighted by atomic mass is 10.4. The van der Waals surface area contributed by atoms with Crippen LogP contribution in [0.1, 0.15) is 11.4 Å². The van der Waals surface area contributed by atoms with Gasteiger partial charge in [0.15, 0.2) is 5.82 Å². The monoisotopic (exact) mass is 280 g/mol. The summed E-state index contributed by atoms with van der Waals surface area (Å²) in [6.07, 6.45) is 1.52. The molecule has 2 N–H and O–H groups in total. The fourth-order valence-corrected chi connectivity index (χ4v) is 1.84. The number of halogens is 1. The molecule has 0 amide bonds. The van der Waals surface area contributed by atoms with E-state index >= 15 is 0 Å². The number of aryl methyl sites for hydroxylation is 1. The van der Waals surface area contributed by atoms with Gasteiger partial charge in [0.05, 0.1) is 16.4 Å². The molecular weight excluding hydrogens is 264 g/mol. The van der Waals surface area contributed by atoms with Gasteiger partial charge in [-0.15, -0.1) is 0 Å². The van der Waals surface area contributed by atoms with Crippen LogP contribution in [0.4, 0.5) is 5.82 Å². The minimum Gasteiger partial charge on any atom is -0.369 e. The van der Waals surface area contributed by atoms with Crippen molar-refractivity contribution < 1.29 is 0 Å². The fourth-order valence-electron chi connectivity index (χ4n) is 1.72. The zero-order valence-corrected chi connectivity index (χ0v) is 12.0. The van der Waals surface area contributed by atoms with Crippen LogP contribution in [-0.2, 0) is 0 Å². The van der Waals surface area contributed by atoms with Gasteiger partial charge >= 0.3 is 0 Å². The van der Waals surface area contributed by atoms with Gasteiger partial charge < -0.3 is 10.6 Å². The molecule has 2 heterocycles. The topological polar surface area (TPSA) is 67.7 Å². The maximum absolute atomic E-state index is 6.14. The van der Waals surface area contributed by atoms with Crippen LogP contribution >= 0.6 is 11.6 Å². The van der Waals surface area contributed by atoms with E-state index in [2.05, 4.69) is 25.7 Å². The van der Waals surface area contributed by atoms with Gasteiger partial charge in [-0.3, -0.25) is 0 Å². The number of nitrogens with one attached hydrogen (secondary N) is 2. The molecular formula is C12H17ClN6. The van der Waals surface area contributed by atoms with E-state index in [0.717, 1.165) is 30.3 Å². The Morgan fingerprint density at radius 2 is 2.05 bits per heavy atom. The largest absolute Gasteiger partial charge is 0.369 e. The highest BCUT2D eigenvalue weighted by molar-refractivity contribution is 6.31. The Labute approximate surface area is 117 Å². The van der Waals surface area contributed by atoms with Gasteiger partial charge in [0.25, 0.3) is 0 Å². The van der Waals surface area contributed by atoms with Gasteiger partial charge in [0.1, 0.15) is 12.1 Å². The van der Waals surface area contributed by atoms with E-state index in [1.54, 1.807) is 4.68 Å². The maximum Gasteiger partial charge on any atom is 0.159 e. The molecule has 0 aliphatic carbocycles. The second kappa shape index (κ2) is 5.99. The van der Waals surface area contributed by atoms with Gasteiger partial charge in [-0.2, -0.15) is 5.10 Å². The van der Waals surface area contributed by atoms with Crippen LogP contribution in [0.15, 0.2) is 12.4 Å². The van der Waals surface area contributed by atoms with Crippen molar-refractivity contribution in [2.75, 3.05) is 25.5 Å². The zero-order valence-electron chi connectivity index (χ0n) is 11.2. The van der Waals surface area contributed by atoms with Gasteiger partial charge in [-0.05, 0) is 20.9 Å². The molecule has 2 aromatic heterocycles. The summed E-state index contributed by atoms with van der Waals surface area (Å²) in [4.78, 5) is 8.40. The highest BCUT2D eigenvalue weighted by atomic mass is 35.5. The Bertz CT molecular complexity index is 565.